The summed E-state index contributed by atoms with van der Waals surface area (Å²) < 4.78 is 5.43. The molecule has 0 bridgehead atoms. The highest BCUT2D eigenvalue weighted by Gasteiger charge is 2.47. The molecule has 168 valence electrons. The number of aliphatic hydroxyl groups excluding tert-OH is 1. The van der Waals surface area contributed by atoms with Gasteiger partial charge in [-0.3, -0.25) is 19.5 Å². The van der Waals surface area contributed by atoms with Crippen molar-refractivity contribution in [3.05, 3.63) is 94.3 Å². The Morgan fingerprint density at radius 2 is 1.88 bits per heavy atom. The highest BCUT2D eigenvalue weighted by molar-refractivity contribution is 6.51. The number of nitrogens with zero attached hydrogens (tertiary/aromatic N) is 2. The van der Waals surface area contributed by atoms with E-state index in [0.29, 0.717) is 27.7 Å². The van der Waals surface area contributed by atoms with Gasteiger partial charge in [0.05, 0.1) is 18.4 Å². The first-order valence-corrected chi connectivity index (χ1v) is 10.9. The van der Waals surface area contributed by atoms with Gasteiger partial charge in [0.1, 0.15) is 17.6 Å². The Labute approximate surface area is 197 Å². The van der Waals surface area contributed by atoms with Crippen LogP contribution >= 0.6 is 11.6 Å². The molecule has 1 amide bonds. The number of amides is 1. The molecule has 4 rings (SSSR count). The number of carbonyl (C=O) groups excluding carboxylic acids is 2. The molecule has 1 fully saturated rings. The first-order chi connectivity index (χ1) is 15.8. The number of rotatable bonds is 5. The van der Waals surface area contributed by atoms with Gasteiger partial charge in [0.2, 0.25) is 0 Å². The summed E-state index contributed by atoms with van der Waals surface area (Å²) in [6.45, 7) is 4.02. The van der Waals surface area contributed by atoms with Gasteiger partial charge in [-0.25, -0.2) is 0 Å². The van der Waals surface area contributed by atoms with E-state index in [-0.39, 0.29) is 17.3 Å². The van der Waals surface area contributed by atoms with E-state index in [9.17, 15) is 14.7 Å². The second kappa shape index (κ2) is 9.08. The molecule has 1 aliphatic heterocycles. The van der Waals surface area contributed by atoms with Crippen LogP contribution in [0.4, 0.5) is 5.69 Å². The Balaban J connectivity index is 1.94. The van der Waals surface area contributed by atoms with Crippen molar-refractivity contribution in [2.75, 3.05) is 12.0 Å². The van der Waals surface area contributed by atoms with Gasteiger partial charge in [-0.1, -0.05) is 37.6 Å². The van der Waals surface area contributed by atoms with Crippen molar-refractivity contribution in [3.63, 3.8) is 0 Å². The third-order valence-electron chi connectivity index (χ3n) is 5.62. The predicted octanol–water partition coefficient (Wildman–Crippen LogP) is 5.49. The van der Waals surface area contributed by atoms with Gasteiger partial charge in [-0.15, -0.1) is 0 Å². The molecule has 1 aromatic heterocycles. The zero-order valence-corrected chi connectivity index (χ0v) is 19.2. The fraction of sp³-hybridized carbons (Fsp3) is 0.192. The number of hydrogen-bond acceptors (Lipinski definition) is 5. The van der Waals surface area contributed by atoms with E-state index in [1.807, 2.05) is 13.8 Å². The highest BCUT2D eigenvalue weighted by atomic mass is 35.5. The molecule has 0 saturated carbocycles. The quantitative estimate of drug-likeness (QED) is 0.308. The Morgan fingerprint density at radius 1 is 1.09 bits per heavy atom. The summed E-state index contributed by atoms with van der Waals surface area (Å²) in [5.41, 5.74) is 2.16. The van der Waals surface area contributed by atoms with E-state index < -0.39 is 17.7 Å². The van der Waals surface area contributed by atoms with Crippen LogP contribution in [0.3, 0.4) is 0 Å². The highest BCUT2D eigenvalue weighted by Crippen LogP contribution is 2.42. The average Bonchev–Trinajstić information content (AvgIpc) is 3.09. The molecular weight excluding hydrogens is 440 g/mol. The lowest BCUT2D eigenvalue weighted by molar-refractivity contribution is -0.132. The average molecular weight is 463 g/mol. The molecule has 3 aromatic rings. The number of anilines is 1. The van der Waals surface area contributed by atoms with Crippen LogP contribution in [0.25, 0.3) is 5.76 Å². The second-order valence-corrected chi connectivity index (χ2v) is 8.45. The van der Waals surface area contributed by atoms with Crippen molar-refractivity contribution in [3.8, 4) is 5.75 Å². The molecule has 7 heteroatoms. The van der Waals surface area contributed by atoms with E-state index in [1.165, 1.54) is 4.90 Å². The Morgan fingerprint density at radius 3 is 2.52 bits per heavy atom. The maximum Gasteiger partial charge on any atom is 0.300 e. The summed E-state index contributed by atoms with van der Waals surface area (Å²) in [7, 11) is 1.58. The van der Waals surface area contributed by atoms with Gasteiger partial charge in [-0.05, 0) is 60.0 Å². The molecule has 0 spiro atoms. The monoisotopic (exact) mass is 462 g/mol. The van der Waals surface area contributed by atoms with Crippen LogP contribution in [0.2, 0.25) is 5.02 Å². The third-order valence-corrected chi connectivity index (χ3v) is 5.86. The van der Waals surface area contributed by atoms with Crippen LogP contribution in [-0.4, -0.2) is 28.9 Å². The summed E-state index contributed by atoms with van der Waals surface area (Å²) in [4.78, 5) is 32.1. The Hall–Kier alpha value is -3.64. The maximum absolute atomic E-state index is 13.2. The van der Waals surface area contributed by atoms with E-state index >= 15 is 0 Å². The van der Waals surface area contributed by atoms with Crippen molar-refractivity contribution in [2.45, 2.75) is 25.8 Å². The van der Waals surface area contributed by atoms with Gasteiger partial charge >= 0.3 is 0 Å². The van der Waals surface area contributed by atoms with Crippen LogP contribution in [0.15, 0.2) is 72.4 Å². The molecule has 2 heterocycles. The molecule has 1 N–H and O–H groups in total. The second-order valence-electron chi connectivity index (χ2n) is 8.02. The van der Waals surface area contributed by atoms with Crippen molar-refractivity contribution < 1.29 is 19.4 Å². The van der Waals surface area contributed by atoms with Crippen molar-refractivity contribution in [2.24, 2.45) is 0 Å². The minimum atomic E-state index is -0.908. The standard InChI is InChI=1S/C26H23ClN2O4/c1-15(2)19-13-16(10-11-21(19)33-3)24(30)22-23(20-9-4-5-12-28-20)29(26(32)25(22)31)18-8-6-7-17(27)14-18/h4-15,23,30H,1-3H3/b24-22-. The Kier molecular flexibility index (Phi) is 6.20. The van der Waals surface area contributed by atoms with Crippen LogP contribution in [0.5, 0.6) is 5.75 Å². The molecule has 1 aliphatic rings. The normalized spacial score (nSPS) is 17.6. The summed E-state index contributed by atoms with van der Waals surface area (Å²) in [5.74, 6) is -1.01. The minimum absolute atomic E-state index is 0.0291. The van der Waals surface area contributed by atoms with E-state index in [2.05, 4.69) is 4.98 Å². The molecule has 33 heavy (non-hydrogen) atoms. The lowest BCUT2D eigenvalue weighted by Crippen LogP contribution is -2.29. The third kappa shape index (κ3) is 4.10. The molecule has 0 radical (unpaired) electrons. The van der Waals surface area contributed by atoms with Gasteiger partial charge < -0.3 is 9.84 Å². The maximum atomic E-state index is 13.2. The molecule has 0 aliphatic carbocycles. The molecule has 2 aromatic carbocycles. The van der Waals surface area contributed by atoms with Gasteiger partial charge in [0, 0.05) is 22.5 Å². The number of Topliss-reactive ketones (excluding diaryl/α,β-unsaturated/α-hetero) is 1. The topological polar surface area (TPSA) is 79.7 Å². The van der Waals surface area contributed by atoms with Crippen LogP contribution in [0.1, 0.15) is 42.6 Å². The smallest absolute Gasteiger partial charge is 0.300 e. The molecule has 6 nitrogen and oxygen atoms in total. The van der Waals surface area contributed by atoms with Crippen molar-refractivity contribution in [1.82, 2.24) is 4.98 Å². The lowest BCUT2D eigenvalue weighted by atomic mass is 9.94. The largest absolute Gasteiger partial charge is 0.507 e. The Bertz CT molecular complexity index is 1250. The molecule has 1 unspecified atom stereocenters. The number of ketones is 1. The van der Waals surface area contributed by atoms with Crippen molar-refractivity contribution in [1.29, 1.82) is 0 Å². The molecule has 1 saturated heterocycles. The number of benzene rings is 2. The summed E-state index contributed by atoms with van der Waals surface area (Å²) in [6, 6.07) is 16.2. The zero-order valence-electron chi connectivity index (χ0n) is 18.4. The summed E-state index contributed by atoms with van der Waals surface area (Å²) >= 11 is 6.16. The molecular formula is C26H23ClN2O4. The number of halogens is 1. The summed E-state index contributed by atoms with van der Waals surface area (Å²) in [6.07, 6.45) is 1.58. The number of aromatic nitrogens is 1. The number of methoxy groups -OCH3 is 1. The first-order valence-electron chi connectivity index (χ1n) is 10.5. The number of ether oxygens (including phenoxy) is 1. The fourth-order valence-electron chi connectivity index (χ4n) is 4.03. The predicted molar refractivity (Wildman–Crippen MR) is 128 cm³/mol. The number of pyridine rings is 1. The van der Waals surface area contributed by atoms with Crippen LogP contribution < -0.4 is 9.64 Å². The van der Waals surface area contributed by atoms with Gasteiger partial charge in [-0.2, -0.15) is 0 Å². The van der Waals surface area contributed by atoms with E-state index in [0.717, 1.165) is 5.56 Å². The number of carbonyl (C=O) groups is 2. The number of hydrogen-bond donors (Lipinski definition) is 1. The van der Waals surface area contributed by atoms with Gasteiger partial charge in [0.25, 0.3) is 11.7 Å². The molecule has 1 atom stereocenters. The summed E-state index contributed by atoms with van der Waals surface area (Å²) in [5, 5.41) is 11.7. The lowest BCUT2D eigenvalue weighted by Gasteiger charge is -2.24. The van der Waals surface area contributed by atoms with Crippen molar-refractivity contribution >= 4 is 34.7 Å². The SMILES string of the molecule is COc1ccc(/C(O)=C2/C(=O)C(=O)N(c3cccc(Cl)c3)C2c2ccccn2)cc1C(C)C. The van der Waals surface area contributed by atoms with E-state index in [1.54, 1.807) is 74.0 Å². The van der Waals surface area contributed by atoms with Crippen LogP contribution in [-0.2, 0) is 9.59 Å². The fourth-order valence-corrected chi connectivity index (χ4v) is 4.22. The van der Waals surface area contributed by atoms with Crippen LogP contribution in [0, 0.1) is 0 Å². The van der Waals surface area contributed by atoms with Gasteiger partial charge in [0.15, 0.2) is 0 Å². The zero-order chi connectivity index (χ0) is 23.7. The minimum Gasteiger partial charge on any atom is -0.507 e. The first kappa shape index (κ1) is 22.6. The van der Waals surface area contributed by atoms with E-state index in [4.69, 9.17) is 16.3 Å². The number of aliphatic hydroxyl groups is 1.